The van der Waals surface area contributed by atoms with Crippen molar-refractivity contribution < 1.29 is 4.74 Å². The summed E-state index contributed by atoms with van der Waals surface area (Å²) < 4.78 is 5.87. The Morgan fingerprint density at radius 3 is 2.62 bits per heavy atom. The second-order valence-electron chi connectivity index (χ2n) is 5.64. The van der Waals surface area contributed by atoms with Gasteiger partial charge in [0, 0.05) is 12.0 Å². The molecule has 0 spiro atoms. The van der Waals surface area contributed by atoms with Crippen molar-refractivity contribution in [2.75, 3.05) is 0 Å². The van der Waals surface area contributed by atoms with Gasteiger partial charge in [-0.1, -0.05) is 39.0 Å². The van der Waals surface area contributed by atoms with Crippen molar-refractivity contribution in [2.24, 2.45) is 11.7 Å². The predicted molar refractivity (Wildman–Crippen MR) is 67.4 cm³/mol. The maximum absolute atomic E-state index is 6.30. The minimum atomic E-state index is 0.400. The zero-order valence-electron chi connectivity index (χ0n) is 10.7. The van der Waals surface area contributed by atoms with E-state index in [0.29, 0.717) is 24.2 Å². The fraction of sp³-hybridized carbons (Fsp3) is 1.00. The van der Waals surface area contributed by atoms with Crippen molar-refractivity contribution in [3.63, 3.8) is 0 Å². The van der Waals surface area contributed by atoms with Crippen LogP contribution in [0, 0.1) is 5.92 Å². The number of ether oxygens (including phenoxy) is 1. The molecule has 2 saturated heterocycles. The van der Waals surface area contributed by atoms with Crippen LogP contribution in [0.2, 0.25) is 0 Å². The van der Waals surface area contributed by atoms with Crippen LogP contribution in [0.3, 0.4) is 0 Å². The van der Waals surface area contributed by atoms with Crippen LogP contribution < -0.4 is 5.73 Å². The minimum Gasteiger partial charge on any atom is -0.375 e. The third-order valence-corrected chi connectivity index (χ3v) is 4.34. The summed E-state index contributed by atoms with van der Waals surface area (Å²) in [6.45, 7) is 2.26. The quantitative estimate of drug-likeness (QED) is 0.675. The molecule has 2 heterocycles. The van der Waals surface area contributed by atoms with Crippen molar-refractivity contribution in [3.8, 4) is 0 Å². The first-order chi connectivity index (χ1) is 7.81. The summed E-state index contributed by atoms with van der Waals surface area (Å²) in [6, 6.07) is 0.400. The molecular formula is C14H27NO. The Bertz CT molecular complexity index is 207. The summed E-state index contributed by atoms with van der Waals surface area (Å²) >= 11 is 0. The molecule has 0 aromatic heterocycles. The van der Waals surface area contributed by atoms with Gasteiger partial charge < -0.3 is 10.5 Å². The first-order valence-electron chi connectivity index (χ1n) is 7.22. The Hall–Kier alpha value is -0.0800. The van der Waals surface area contributed by atoms with E-state index in [0.717, 1.165) is 0 Å². The van der Waals surface area contributed by atoms with E-state index in [-0.39, 0.29) is 0 Å². The molecule has 2 fully saturated rings. The van der Waals surface area contributed by atoms with E-state index in [4.69, 9.17) is 10.5 Å². The molecule has 2 bridgehead atoms. The van der Waals surface area contributed by atoms with Crippen LogP contribution in [0.4, 0.5) is 0 Å². The molecule has 4 unspecified atom stereocenters. The van der Waals surface area contributed by atoms with E-state index < -0.39 is 0 Å². The Morgan fingerprint density at radius 1 is 1.19 bits per heavy atom. The highest BCUT2D eigenvalue weighted by molar-refractivity contribution is 4.93. The Labute approximate surface area is 99.9 Å². The van der Waals surface area contributed by atoms with Gasteiger partial charge in [0.2, 0.25) is 0 Å². The van der Waals surface area contributed by atoms with Gasteiger partial charge in [-0.15, -0.1) is 0 Å². The zero-order valence-corrected chi connectivity index (χ0v) is 10.7. The second-order valence-corrected chi connectivity index (χ2v) is 5.64. The minimum absolute atomic E-state index is 0.400. The molecule has 2 N–H and O–H groups in total. The predicted octanol–water partition coefficient (Wildman–Crippen LogP) is 3.24. The Kier molecular flexibility index (Phi) is 4.66. The average molecular weight is 225 g/mol. The molecule has 0 aromatic carbocycles. The van der Waals surface area contributed by atoms with Crippen LogP contribution in [0.25, 0.3) is 0 Å². The molecule has 2 aliphatic heterocycles. The topological polar surface area (TPSA) is 35.2 Å². The highest BCUT2D eigenvalue weighted by Crippen LogP contribution is 2.40. The van der Waals surface area contributed by atoms with E-state index in [1.54, 1.807) is 0 Å². The standard InChI is InChI=1S/C14H27NO/c1-2-3-4-5-6-7-13(15)12-10-11-8-9-14(12)16-11/h11-14H,2-10,15H2,1H3. The fourth-order valence-electron chi connectivity index (χ4n) is 3.33. The first-order valence-corrected chi connectivity index (χ1v) is 7.22. The van der Waals surface area contributed by atoms with Crippen LogP contribution in [-0.2, 0) is 4.74 Å². The number of nitrogens with two attached hydrogens (primary N) is 1. The third-order valence-electron chi connectivity index (χ3n) is 4.34. The maximum Gasteiger partial charge on any atom is 0.0623 e. The Balaban J connectivity index is 1.59. The van der Waals surface area contributed by atoms with Crippen LogP contribution >= 0.6 is 0 Å². The van der Waals surface area contributed by atoms with Crippen LogP contribution in [0.15, 0.2) is 0 Å². The fourth-order valence-corrected chi connectivity index (χ4v) is 3.33. The van der Waals surface area contributed by atoms with Crippen molar-refractivity contribution >= 4 is 0 Å². The van der Waals surface area contributed by atoms with Gasteiger partial charge >= 0.3 is 0 Å². The average Bonchev–Trinajstić information content (AvgIpc) is 2.90. The van der Waals surface area contributed by atoms with Gasteiger partial charge in [0.05, 0.1) is 12.2 Å². The molecular weight excluding hydrogens is 198 g/mol. The van der Waals surface area contributed by atoms with Gasteiger partial charge in [0.15, 0.2) is 0 Å². The number of unbranched alkanes of at least 4 members (excludes halogenated alkanes) is 4. The van der Waals surface area contributed by atoms with Gasteiger partial charge in [-0.05, 0) is 25.7 Å². The molecule has 94 valence electrons. The van der Waals surface area contributed by atoms with Gasteiger partial charge in [0.25, 0.3) is 0 Å². The first kappa shape index (κ1) is 12.4. The van der Waals surface area contributed by atoms with Gasteiger partial charge in [-0.3, -0.25) is 0 Å². The van der Waals surface area contributed by atoms with Crippen molar-refractivity contribution in [2.45, 2.75) is 83.0 Å². The molecule has 0 aliphatic carbocycles. The molecule has 2 nitrogen and oxygen atoms in total. The van der Waals surface area contributed by atoms with Crippen LogP contribution in [0.5, 0.6) is 0 Å². The molecule has 0 radical (unpaired) electrons. The molecule has 2 aliphatic rings. The lowest BCUT2D eigenvalue weighted by Gasteiger charge is -2.25. The second kappa shape index (κ2) is 6.02. The number of fused-ring (bicyclic) bond motifs is 2. The van der Waals surface area contributed by atoms with Gasteiger partial charge in [-0.2, -0.15) is 0 Å². The normalized spacial score (nSPS) is 34.5. The highest BCUT2D eigenvalue weighted by atomic mass is 16.5. The van der Waals surface area contributed by atoms with Crippen LogP contribution in [0.1, 0.15) is 64.7 Å². The summed E-state index contributed by atoms with van der Waals surface area (Å²) in [7, 11) is 0. The molecule has 4 atom stereocenters. The monoisotopic (exact) mass is 225 g/mol. The van der Waals surface area contributed by atoms with Gasteiger partial charge in [-0.25, -0.2) is 0 Å². The molecule has 0 saturated carbocycles. The SMILES string of the molecule is CCCCCCCC(N)C1CC2CCC1O2. The highest BCUT2D eigenvalue weighted by Gasteiger charge is 2.42. The van der Waals surface area contributed by atoms with E-state index in [9.17, 15) is 0 Å². The summed E-state index contributed by atoms with van der Waals surface area (Å²) in [6.07, 6.45) is 12.8. The van der Waals surface area contributed by atoms with Crippen molar-refractivity contribution in [3.05, 3.63) is 0 Å². The maximum atomic E-state index is 6.30. The van der Waals surface area contributed by atoms with Crippen molar-refractivity contribution in [1.29, 1.82) is 0 Å². The molecule has 2 rings (SSSR count). The largest absolute Gasteiger partial charge is 0.375 e. The molecule has 0 aromatic rings. The van der Waals surface area contributed by atoms with E-state index in [1.807, 2.05) is 0 Å². The number of rotatable bonds is 7. The molecule has 16 heavy (non-hydrogen) atoms. The smallest absolute Gasteiger partial charge is 0.0623 e. The summed E-state index contributed by atoms with van der Waals surface area (Å²) in [5, 5.41) is 0. The lowest BCUT2D eigenvalue weighted by molar-refractivity contribution is 0.0877. The van der Waals surface area contributed by atoms with Crippen molar-refractivity contribution in [1.82, 2.24) is 0 Å². The molecule has 0 amide bonds. The molecule has 2 heteroatoms. The van der Waals surface area contributed by atoms with Gasteiger partial charge in [0.1, 0.15) is 0 Å². The van der Waals surface area contributed by atoms with E-state index in [1.165, 1.54) is 57.8 Å². The Morgan fingerprint density at radius 2 is 2.00 bits per heavy atom. The summed E-state index contributed by atoms with van der Waals surface area (Å²) in [4.78, 5) is 0. The number of hydrogen-bond acceptors (Lipinski definition) is 2. The van der Waals surface area contributed by atoms with E-state index in [2.05, 4.69) is 6.92 Å². The third kappa shape index (κ3) is 2.98. The zero-order chi connectivity index (χ0) is 11.4. The number of hydrogen-bond donors (Lipinski definition) is 1. The summed E-state index contributed by atoms with van der Waals surface area (Å²) in [5.74, 6) is 0.671. The van der Waals surface area contributed by atoms with Crippen LogP contribution in [-0.4, -0.2) is 18.2 Å². The van der Waals surface area contributed by atoms with E-state index >= 15 is 0 Å². The summed E-state index contributed by atoms with van der Waals surface area (Å²) in [5.41, 5.74) is 6.30. The lowest BCUT2D eigenvalue weighted by Crippen LogP contribution is -2.36. The lowest BCUT2D eigenvalue weighted by atomic mass is 9.82.